The largest absolute Gasteiger partial charge is 0.480 e. The minimum absolute atomic E-state index is 0.182. The van der Waals surface area contributed by atoms with E-state index < -0.39 is 17.4 Å². The van der Waals surface area contributed by atoms with Crippen molar-refractivity contribution in [2.75, 3.05) is 6.54 Å². The average molecular weight is 265 g/mol. The SMILES string of the molecule is NCCCC(N)(Cc1ccc(C(N)=O)cc1)C(=O)O. The Hall–Kier alpha value is -1.92. The molecule has 0 saturated heterocycles. The van der Waals surface area contributed by atoms with E-state index in [-0.39, 0.29) is 6.42 Å². The third kappa shape index (κ3) is 4.04. The summed E-state index contributed by atoms with van der Waals surface area (Å²) in [5.74, 6) is -1.58. The van der Waals surface area contributed by atoms with Gasteiger partial charge in [-0.15, -0.1) is 0 Å². The molecule has 0 fully saturated rings. The smallest absolute Gasteiger partial charge is 0.324 e. The van der Waals surface area contributed by atoms with Gasteiger partial charge in [-0.2, -0.15) is 0 Å². The Balaban J connectivity index is 2.84. The summed E-state index contributed by atoms with van der Waals surface area (Å²) in [5, 5.41) is 9.22. The molecule has 104 valence electrons. The van der Waals surface area contributed by atoms with E-state index in [1.54, 1.807) is 24.3 Å². The molecule has 6 heteroatoms. The van der Waals surface area contributed by atoms with Crippen LogP contribution in [0.3, 0.4) is 0 Å². The number of primary amides is 1. The van der Waals surface area contributed by atoms with Crippen molar-refractivity contribution < 1.29 is 14.7 Å². The Kier molecular flexibility index (Phi) is 5.02. The molecule has 0 aromatic heterocycles. The van der Waals surface area contributed by atoms with Gasteiger partial charge in [0, 0.05) is 12.0 Å². The highest BCUT2D eigenvalue weighted by Gasteiger charge is 2.33. The van der Waals surface area contributed by atoms with E-state index in [0.717, 1.165) is 5.56 Å². The molecule has 19 heavy (non-hydrogen) atoms. The third-order valence-corrected chi connectivity index (χ3v) is 3.01. The Labute approximate surface area is 111 Å². The summed E-state index contributed by atoms with van der Waals surface area (Å²) < 4.78 is 0. The molecule has 0 bridgehead atoms. The van der Waals surface area contributed by atoms with Crippen molar-refractivity contribution in [1.29, 1.82) is 0 Å². The first-order valence-electron chi connectivity index (χ1n) is 6.00. The van der Waals surface area contributed by atoms with Crippen LogP contribution in [0.15, 0.2) is 24.3 Å². The van der Waals surface area contributed by atoms with Crippen molar-refractivity contribution in [2.24, 2.45) is 17.2 Å². The summed E-state index contributed by atoms with van der Waals surface area (Å²) in [6, 6.07) is 6.44. The molecule has 0 heterocycles. The summed E-state index contributed by atoms with van der Waals surface area (Å²) in [6.07, 6.45) is 1.03. The van der Waals surface area contributed by atoms with Gasteiger partial charge >= 0.3 is 5.97 Å². The van der Waals surface area contributed by atoms with Crippen molar-refractivity contribution in [3.63, 3.8) is 0 Å². The fourth-order valence-electron chi connectivity index (χ4n) is 1.84. The minimum Gasteiger partial charge on any atom is -0.480 e. The minimum atomic E-state index is -1.34. The number of carboxylic acids is 1. The fourth-order valence-corrected chi connectivity index (χ4v) is 1.84. The van der Waals surface area contributed by atoms with Crippen molar-refractivity contribution in [1.82, 2.24) is 0 Å². The van der Waals surface area contributed by atoms with Crippen LogP contribution in [0.2, 0.25) is 0 Å². The van der Waals surface area contributed by atoms with Gasteiger partial charge in [-0.1, -0.05) is 12.1 Å². The standard InChI is InChI=1S/C13H19N3O3/c14-7-1-6-13(16,12(18)19)8-9-2-4-10(5-3-9)11(15)17/h2-5H,1,6-8,14,16H2,(H2,15,17)(H,18,19). The van der Waals surface area contributed by atoms with Crippen molar-refractivity contribution >= 4 is 11.9 Å². The molecule has 0 saturated carbocycles. The normalized spacial score (nSPS) is 13.8. The lowest BCUT2D eigenvalue weighted by Gasteiger charge is -2.24. The van der Waals surface area contributed by atoms with Gasteiger partial charge in [0.15, 0.2) is 0 Å². The highest BCUT2D eigenvalue weighted by Crippen LogP contribution is 2.17. The van der Waals surface area contributed by atoms with E-state index in [4.69, 9.17) is 17.2 Å². The lowest BCUT2D eigenvalue weighted by atomic mass is 9.87. The van der Waals surface area contributed by atoms with Crippen molar-refractivity contribution in [2.45, 2.75) is 24.8 Å². The van der Waals surface area contributed by atoms with E-state index in [2.05, 4.69) is 0 Å². The Morgan fingerprint density at radius 1 is 1.21 bits per heavy atom. The number of hydrogen-bond donors (Lipinski definition) is 4. The van der Waals surface area contributed by atoms with Crippen LogP contribution in [-0.2, 0) is 11.2 Å². The molecule has 6 nitrogen and oxygen atoms in total. The maximum Gasteiger partial charge on any atom is 0.324 e. The second-order valence-corrected chi connectivity index (χ2v) is 4.59. The molecule has 0 aliphatic carbocycles. The zero-order valence-corrected chi connectivity index (χ0v) is 10.6. The number of amides is 1. The van der Waals surface area contributed by atoms with Gasteiger partial charge in [0.25, 0.3) is 0 Å². The van der Waals surface area contributed by atoms with E-state index in [9.17, 15) is 14.7 Å². The van der Waals surface area contributed by atoms with Crippen LogP contribution in [0.25, 0.3) is 0 Å². The first-order valence-corrected chi connectivity index (χ1v) is 6.00. The second kappa shape index (κ2) is 6.31. The molecule has 0 aliphatic heterocycles. The molecule has 1 rings (SSSR count). The van der Waals surface area contributed by atoms with E-state index in [1.807, 2.05) is 0 Å². The van der Waals surface area contributed by atoms with Gasteiger partial charge in [-0.25, -0.2) is 0 Å². The number of carbonyl (C=O) groups is 2. The predicted molar refractivity (Wildman–Crippen MR) is 71.5 cm³/mol. The lowest BCUT2D eigenvalue weighted by molar-refractivity contribution is -0.143. The van der Waals surface area contributed by atoms with E-state index in [0.29, 0.717) is 24.9 Å². The van der Waals surface area contributed by atoms with Crippen LogP contribution >= 0.6 is 0 Å². The number of hydrogen-bond acceptors (Lipinski definition) is 4. The number of carboxylic acid groups (broad SMARTS) is 1. The average Bonchev–Trinajstić information content (AvgIpc) is 2.36. The third-order valence-electron chi connectivity index (χ3n) is 3.01. The molecule has 1 amide bonds. The van der Waals surface area contributed by atoms with Crippen LogP contribution in [0.4, 0.5) is 0 Å². The zero-order valence-electron chi connectivity index (χ0n) is 10.6. The van der Waals surface area contributed by atoms with Crippen LogP contribution in [0.1, 0.15) is 28.8 Å². The summed E-state index contributed by atoms with van der Waals surface area (Å²) in [7, 11) is 0. The fraction of sp³-hybridized carbons (Fsp3) is 0.385. The molecule has 1 atom stereocenters. The predicted octanol–water partition coefficient (Wildman–Crippen LogP) is -0.151. The maximum atomic E-state index is 11.3. The number of nitrogens with two attached hydrogens (primary N) is 3. The summed E-state index contributed by atoms with van der Waals surface area (Å²) >= 11 is 0. The first kappa shape index (κ1) is 15.1. The zero-order chi connectivity index (χ0) is 14.5. The summed E-state index contributed by atoms with van der Waals surface area (Å²) in [6.45, 7) is 0.396. The Morgan fingerprint density at radius 2 is 1.79 bits per heavy atom. The number of rotatable bonds is 7. The highest BCUT2D eigenvalue weighted by molar-refractivity contribution is 5.92. The molecular weight excluding hydrogens is 246 g/mol. The molecule has 0 spiro atoms. The number of aliphatic carboxylic acids is 1. The topological polar surface area (TPSA) is 132 Å². The van der Waals surface area contributed by atoms with Crippen LogP contribution in [0.5, 0.6) is 0 Å². The highest BCUT2D eigenvalue weighted by atomic mass is 16.4. The molecule has 1 aromatic rings. The number of carbonyl (C=O) groups excluding carboxylic acids is 1. The summed E-state index contributed by atoms with van der Waals surface area (Å²) in [4.78, 5) is 22.2. The van der Waals surface area contributed by atoms with Crippen molar-refractivity contribution in [3.8, 4) is 0 Å². The monoisotopic (exact) mass is 265 g/mol. The molecule has 1 unspecified atom stereocenters. The molecule has 7 N–H and O–H groups in total. The summed E-state index contributed by atoms with van der Waals surface area (Å²) in [5.41, 5.74) is 16.2. The van der Waals surface area contributed by atoms with Crippen LogP contribution in [0, 0.1) is 0 Å². The van der Waals surface area contributed by atoms with Crippen LogP contribution in [-0.4, -0.2) is 29.1 Å². The Morgan fingerprint density at radius 3 is 2.21 bits per heavy atom. The van der Waals surface area contributed by atoms with Crippen LogP contribution < -0.4 is 17.2 Å². The quantitative estimate of drug-likeness (QED) is 0.544. The molecule has 1 aromatic carbocycles. The van der Waals surface area contributed by atoms with Gasteiger partial charge in [0.2, 0.25) is 5.91 Å². The second-order valence-electron chi connectivity index (χ2n) is 4.59. The Bertz CT molecular complexity index is 459. The molecule has 0 radical (unpaired) electrons. The van der Waals surface area contributed by atoms with Gasteiger partial charge in [0.05, 0.1) is 0 Å². The van der Waals surface area contributed by atoms with E-state index in [1.165, 1.54) is 0 Å². The van der Waals surface area contributed by atoms with Crippen molar-refractivity contribution in [3.05, 3.63) is 35.4 Å². The van der Waals surface area contributed by atoms with E-state index >= 15 is 0 Å². The first-order chi connectivity index (χ1) is 8.89. The van der Waals surface area contributed by atoms with Gasteiger partial charge in [-0.3, -0.25) is 9.59 Å². The van der Waals surface area contributed by atoms with Gasteiger partial charge in [-0.05, 0) is 37.1 Å². The number of benzene rings is 1. The maximum absolute atomic E-state index is 11.3. The molecule has 0 aliphatic rings. The van der Waals surface area contributed by atoms with Gasteiger partial charge in [0.1, 0.15) is 5.54 Å². The molecular formula is C13H19N3O3. The lowest BCUT2D eigenvalue weighted by Crippen LogP contribution is -2.50. The van der Waals surface area contributed by atoms with Gasteiger partial charge < -0.3 is 22.3 Å².